The Morgan fingerprint density at radius 1 is 0.423 bits per heavy atom. The average molecular weight is 330 g/mol. The molecule has 0 nitrogen and oxygen atoms in total. The third-order valence-electron chi connectivity index (χ3n) is 5.05. The highest BCUT2D eigenvalue weighted by Gasteiger charge is 2.07. The van der Waals surface area contributed by atoms with Crippen molar-refractivity contribution in [3.8, 4) is 0 Å². The van der Waals surface area contributed by atoms with Gasteiger partial charge in [-0.15, -0.1) is 0 Å². The van der Waals surface area contributed by atoms with Gasteiger partial charge in [-0.3, -0.25) is 0 Å². The number of rotatable bonds is 2. The summed E-state index contributed by atoms with van der Waals surface area (Å²) in [5, 5.41) is 7.83. The van der Waals surface area contributed by atoms with Gasteiger partial charge in [0.05, 0.1) is 0 Å². The van der Waals surface area contributed by atoms with Crippen LogP contribution in [0.5, 0.6) is 0 Å². The molecule has 0 spiro atoms. The fourth-order valence-electron chi connectivity index (χ4n) is 3.78. The fourth-order valence-corrected chi connectivity index (χ4v) is 3.78. The Balaban J connectivity index is 1.83. The molecule has 0 aromatic heterocycles. The van der Waals surface area contributed by atoms with Gasteiger partial charge in [0, 0.05) is 0 Å². The first-order chi connectivity index (χ1) is 12.9. The van der Waals surface area contributed by atoms with Crippen LogP contribution >= 0.6 is 0 Å². The molecule has 0 N–H and O–H groups in total. The Morgan fingerprint density at radius 2 is 1.08 bits per heavy atom. The van der Waals surface area contributed by atoms with Gasteiger partial charge >= 0.3 is 0 Å². The zero-order valence-corrected chi connectivity index (χ0v) is 14.4. The minimum absolute atomic E-state index is 1.22. The van der Waals surface area contributed by atoms with Crippen molar-refractivity contribution in [1.29, 1.82) is 0 Å². The second kappa shape index (κ2) is 6.16. The predicted molar refractivity (Wildman–Crippen MR) is 114 cm³/mol. The summed E-state index contributed by atoms with van der Waals surface area (Å²) in [6.45, 7) is 0. The second-order valence-corrected chi connectivity index (χ2v) is 6.64. The third-order valence-corrected chi connectivity index (χ3v) is 5.05. The molecular formula is C26H18. The molecule has 0 radical (unpaired) electrons. The molecule has 0 atom stereocenters. The third kappa shape index (κ3) is 2.48. The molecule has 0 aliphatic rings. The van der Waals surface area contributed by atoms with Gasteiger partial charge < -0.3 is 0 Å². The minimum atomic E-state index is 1.22. The summed E-state index contributed by atoms with van der Waals surface area (Å²) >= 11 is 0. The molecule has 5 aromatic rings. The molecule has 5 rings (SSSR count). The van der Waals surface area contributed by atoms with Crippen LogP contribution < -0.4 is 0 Å². The van der Waals surface area contributed by atoms with Gasteiger partial charge in [0.25, 0.3) is 0 Å². The van der Waals surface area contributed by atoms with Crippen LogP contribution in [0.2, 0.25) is 0 Å². The van der Waals surface area contributed by atoms with Gasteiger partial charge in [0.15, 0.2) is 0 Å². The molecule has 0 heterocycles. The SMILES string of the molecule is C(=C/c1cc2c3ccccc3ccc2c2ccccc12)/c1ccccc1. The van der Waals surface area contributed by atoms with E-state index < -0.39 is 0 Å². The summed E-state index contributed by atoms with van der Waals surface area (Å²) < 4.78 is 0. The highest BCUT2D eigenvalue weighted by molar-refractivity contribution is 6.19. The predicted octanol–water partition coefficient (Wildman–Crippen LogP) is 7.32. The monoisotopic (exact) mass is 330 g/mol. The molecule has 0 aliphatic carbocycles. The highest BCUT2D eigenvalue weighted by atomic mass is 14.1. The molecule has 5 aromatic carbocycles. The molecule has 0 bridgehead atoms. The van der Waals surface area contributed by atoms with Gasteiger partial charge in [-0.1, -0.05) is 103 Å². The molecule has 122 valence electrons. The second-order valence-electron chi connectivity index (χ2n) is 6.64. The standard InChI is InChI=1S/C26H18/c1-2-8-19(9-3-1)14-15-21-18-26-22-11-5-4-10-20(22)16-17-25(26)24-13-7-6-12-23(21)24/h1-18H/b15-14-. The number of benzene rings is 5. The van der Waals surface area contributed by atoms with Crippen molar-refractivity contribution in [1.82, 2.24) is 0 Å². The number of hydrogen-bond acceptors (Lipinski definition) is 0. The van der Waals surface area contributed by atoms with Crippen LogP contribution in [0.15, 0.2) is 97.1 Å². The van der Waals surface area contributed by atoms with Crippen LogP contribution in [-0.2, 0) is 0 Å². The topological polar surface area (TPSA) is 0 Å². The lowest BCUT2D eigenvalue weighted by molar-refractivity contribution is 1.66. The number of fused-ring (bicyclic) bond motifs is 5. The van der Waals surface area contributed by atoms with E-state index in [1.54, 1.807) is 0 Å². The lowest BCUT2D eigenvalue weighted by atomic mass is 9.93. The largest absolute Gasteiger partial charge is 0.0622 e. The van der Waals surface area contributed by atoms with E-state index in [9.17, 15) is 0 Å². The maximum Gasteiger partial charge on any atom is -0.00930 e. The van der Waals surface area contributed by atoms with Crippen molar-refractivity contribution in [3.63, 3.8) is 0 Å². The van der Waals surface area contributed by atoms with E-state index in [2.05, 4.69) is 109 Å². The Morgan fingerprint density at radius 3 is 1.92 bits per heavy atom. The molecule has 26 heavy (non-hydrogen) atoms. The number of hydrogen-bond donors (Lipinski definition) is 0. The minimum Gasteiger partial charge on any atom is -0.0622 e. The maximum absolute atomic E-state index is 2.33. The first-order valence-electron chi connectivity index (χ1n) is 8.96. The Bertz CT molecular complexity index is 1260. The van der Waals surface area contributed by atoms with E-state index in [1.807, 2.05) is 0 Å². The average Bonchev–Trinajstić information content (AvgIpc) is 2.72. The molecule has 0 saturated heterocycles. The van der Waals surface area contributed by atoms with Crippen LogP contribution in [0, 0.1) is 0 Å². The summed E-state index contributed by atoms with van der Waals surface area (Å²) in [7, 11) is 0. The van der Waals surface area contributed by atoms with Crippen molar-refractivity contribution < 1.29 is 0 Å². The van der Waals surface area contributed by atoms with Crippen LogP contribution in [0.4, 0.5) is 0 Å². The lowest BCUT2D eigenvalue weighted by Gasteiger charge is -2.10. The van der Waals surface area contributed by atoms with E-state index in [1.165, 1.54) is 43.4 Å². The summed E-state index contributed by atoms with van der Waals surface area (Å²) in [5.74, 6) is 0. The van der Waals surface area contributed by atoms with Crippen LogP contribution in [0.25, 0.3) is 44.5 Å². The summed E-state index contributed by atoms with van der Waals surface area (Å²) in [6, 6.07) is 34.6. The van der Waals surface area contributed by atoms with Gasteiger partial charge in [-0.2, -0.15) is 0 Å². The van der Waals surface area contributed by atoms with Crippen molar-refractivity contribution >= 4 is 44.5 Å². The molecular weight excluding hydrogens is 312 g/mol. The van der Waals surface area contributed by atoms with E-state index >= 15 is 0 Å². The van der Waals surface area contributed by atoms with E-state index in [-0.39, 0.29) is 0 Å². The van der Waals surface area contributed by atoms with Gasteiger partial charge in [0.2, 0.25) is 0 Å². The molecule has 0 unspecified atom stereocenters. The Hall–Kier alpha value is -3.38. The molecule has 0 saturated carbocycles. The summed E-state index contributed by atoms with van der Waals surface area (Å²) in [5.41, 5.74) is 2.47. The maximum atomic E-state index is 2.33. The first-order valence-corrected chi connectivity index (χ1v) is 8.96. The fraction of sp³-hybridized carbons (Fsp3) is 0. The van der Waals surface area contributed by atoms with Crippen molar-refractivity contribution in [2.45, 2.75) is 0 Å². The van der Waals surface area contributed by atoms with Gasteiger partial charge in [0.1, 0.15) is 0 Å². The van der Waals surface area contributed by atoms with Crippen molar-refractivity contribution in [2.75, 3.05) is 0 Å². The van der Waals surface area contributed by atoms with E-state index in [4.69, 9.17) is 0 Å². The summed E-state index contributed by atoms with van der Waals surface area (Å²) in [6.07, 6.45) is 4.43. The quantitative estimate of drug-likeness (QED) is 0.235. The first kappa shape index (κ1) is 14.9. The normalized spacial score (nSPS) is 11.7. The van der Waals surface area contributed by atoms with Crippen LogP contribution in [0.3, 0.4) is 0 Å². The molecule has 0 fully saturated rings. The van der Waals surface area contributed by atoms with E-state index in [0.29, 0.717) is 0 Å². The summed E-state index contributed by atoms with van der Waals surface area (Å²) in [4.78, 5) is 0. The van der Waals surface area contributed by atoms with Crippen LogP contribution in [-0.4, -0.2) is 0 Å². The lowest BCUT2D eigenvalue weighted by Crippen LogP contribution is -1.84. The van der Waals surface area contributed by atoms with E-state index in [0.717, 1.165) is 0 Å². The van der Waals surface area contributed by atoms with Gasteiger partial charge in [-0.25, -0.2) is 0 Å². The van der Waals surface area contributed by atoms with Gasteiger partial charge in [-0.05, 0) is 49.5 Å². The highest BCUT2D eigenvalue weighted by Crippen LogP contribution is 2.34. The zero-order chi connectivity index (χ0) is 17.3. The molecule has 0 heteroatoms. The Kier molecular flexibility index (Phi) is 3.54. The molecule has 0 aliphatic heterocycles. The van der Waals surface area contributed by atoms with Crippen LogP contribution in [0.1, 0.15) is 11.1 Å². The van der Waals surface area contributed by atoms with Crippen molar-refractivity contribution in [2.24, 2.45) is 0 Å². The zero-order valence-electron chi connectivity index (χ0n) is 14.4. The molecule has 0 amide bonds. The smallest absolute Gasteiger partial charge is 0.00930 e. The van der Waals surface area contributed by atoms with Crippen molar-refractivity contribution in [3.05, 3.63) is 108 Å². The Labute approximate surface area is 153 Å².